The van der Waals surface area contributed by atoms with E-state index in [0.29, 0.717) is 11.7 Å². The number of nitrogens with zero attached hydrogens (tertiary/aromatic N) is 4. The van der Waals surface area contributed by atoms with Gasteiger partial charge in [-0.05, 0) is 25.3 Å². The Morgan fingerprint density at radius 3 is 2.71 bits per heavy atom. The zero-order chi connectivity index (χ0) is 14.8. The molecule has 1 aliphatic rings. The second-order valence-electron chi connectivity index (χ2n) is 5.20. The molecule has 1 fully saturated rings. The van der Waals surface area contributed by atoms with E-state index in [9.17, 15) is 4.79 Å². The van der Waals surface area contributed by atoms with Crippen molar-refractivity contribution in [1.29, 1.82) is 0 Å². The number of rotatable bonds is 3. The van der Waals surface area contributed by atoms with Crippen LogP contribution in [0.1, 0.15) is 35.0 Å². The zero-order valence-corrected chi connectivity index (χ0v) is 13.0. The Labute approximate surface area is 127 Å². The number of aromatic nitrogens is 2. The molecule has 1 saturated heterocycles. The molecule has 0 N–H and O–H groups in total. The van der Waals surface area contributed by atoms with E-state index in [1.165, 1.54) is 0 Å². The highest BCUT2D eigenvalue weighted by molar-refractivity contribution is 7.08. The van der Waals surface area contributed by atoms with E-state index in [1.807, 2.05) is 28.7 Å². The molecule has 2 aromatic heterocycles. The van der Waals surface area contributed by atoms with Gasteiger partial charge in [0.15, 0.2) is 5.82 Å². The van der Waals surface area contributed by atoms with Crippen molar-refractivity contribution in [3.63, 3.8) is 0 Å². The van der Waals surface area contributed by atoms with Crippen molar-refractivity contribution in [1.82, 2.24) is 19.9 Å². The van der Waals surface area contributed by atoms with Crippen molar-refractivity contribution in [2.24, 2.45) is 0 Å². The van der Waals surface area contributed by atoms with Crippen LogP contribution in [0.5, 0.6) is 0 Å². The molecule has 2 aromatic rings. The first-order valence-electron chi connectivity index (χ1n) is 7.01. The summed E-state index contributed by atoms with van der Waals surface area (Å²) in [6.45, 7) is 6.97. The zero-order valence-electron chi connectivity index (χ0n) is 12.2. The molecule has 7 heteroatoms. The minimum absolute atomic E-state index is 0.0876. The van der Waals surface area contributed by atoms with Crippen molar-refractivity contribution < 1.29 is 9.32 Å². The minimum Gasteiger partial charge on any atom is -0.338 e. The molecular formula is C14H18N4O2S. The molecule has 112 valence electrons. The maximum absolute atomic E-state index is 12.3. The average molecular weight is 306 g/mol. The van der Waals surface area contributed by atoms with Crippen LogP contribution < -0.4 is 0 Å². The monoisotopic (exact) mass is 306 g/mol. The average Bonchev–Trinajstić information content (AvgIpc) is 3.17. The summed E-state index contributed by atoms with van der Waals surface area (Å²) in [4.78, 5) is 20.7. The topological polar surface area (TPSA) is 62.5 Å². The maximum atomic E-state index is 12.3. The Kier molecular flexibility index (Phi) is 4.03. The molecule has 1 unspecified atom stereocenters. The Bertz CT molecular complexity index is 602. The molecule has 0 aromatic carbocycles. The number of hydrogen-bond donors (Lipinski definition) is 0. The van der Waals surface area contributed by atoms with Crippen LogP contribution in [-0.4, -0.2) is 52.0 Å². The molecule has 0 bridgehead atoms. The number of carbonyl (C=O) groups is 1. The third-order valence-electron chi connectivity index (χ3n) is 3.82. The quantitative estimate of drug-likeness (QED) is 0.867. The molecule has 1 atom stereocenters. The summed E-state index contributed by atoms with van der Waals surface area (Å²) in [5, 5.41) is 7.67. The predicted octanol–water partition coefficient (Wildman–Crippen LogP) is 1.96. The largest absolute Gasteiger partial charge is 0.338 e. The second kappa shape index (κ2) is 5.95. The van der Waals surface area contributed by atoms with Crippen LogP contribution >= 0.6 is 11.3 Å². The van der Waals surface area contributed by atoms with Crippen LogP contribution in [0.3, 0.4) is 0 Å². The highest BCUT2D eigenvalue weighted by Crippen LogP contribution is 2.21. The highest BCUT2D eigenvalue weighted by Gasteiger charge is 2.27. The first kappa shape index (κ1) is 14.2. The number of carbonyl (C=O) groups excluding carboxylic acids is 1. The van der Waals surface area contributed by atoms with Crippen molar-refractivity contribution in [3.05, 3.63) is 34.1 Å². The van der Waals surface area contributed by atoms with E-state index in [1.54, 1.807) is 11.3 Å². The Morgan fingerprint density at radius 1 is 1.38 bits per heavy atom. The molecule has 1 amide bonds. The summed E-state index contributed by atoms with van der Waals surface area (Å²) >= 11 is 1.55. The van der Waals surface area contributed by atoms with Crippen LogP contribution in [0.4, 0.5) is 0 Å². The van der Waals surface area contributed by atoms with Gasteiger partial charge in [0.05, 0.1) is 11.6 Å². The van der Waals surface area contributed by atoms with Crippen molar-refractivity contribution >= 4 is 17.2 Å². The van der Waals surface area contributed by atoms with Gasteiger partial charge in [-0.2, -0.15) is 16.3 Å². The molecular weight excluding hydrogens is 288 g/mol. The van der Waals surface area contributed by atoms with Gasteiger partial charge >= 0.3 is 0 Å². The molecule has 0 radical (unpaired) electrons. The summed E-state index contributed by atoms with van der Waals surface area (Å²) in [5.41, 5.74) is 0.786. The number of hydrogen-bond acceptors (Lipinski definition) is 6. The van der Waals surface area contributed by atoms with Crippen molar-refractivity contribution in [2.45, 2.75) is 19.9 Å². The summed E-state index contributed by atoms with van der Waals surface area (Å²) < 4.78 is 5.23. The summed E-state index contributed by atoms with van der Waals surface area (Å²) in [6.07, 6.45) is 0. The van der Waals surface area contributed by atoms with E-state index in [2.05, 4.69) is 22.0 Å². The van der Waals surface area contributed by atoms with E-state index in [4.69, 9.17) is 4.52 Å². The van der Waals surface area contributed by atoms with Crippen LogP contribution in [0, 0.1) is 6.92 Å². The third-order valence-corrected chi connectivity index (χ3v) is 4.50. The van der Waals surface area contributed by atoms with Gasteiger partial charge in [0.2, 0.25) is 5.89 Å². The first-order valence-corrected chi connectivity index (χ1v) is 7.95. The first-order chi connectivity index (χ1) is 10.1. The molecule has 21 heavy (non-hydrogen) atoms. The summed E-state index contributed by atoms with van der Waals surface area (Å²) in [7, 11) is 0. The fourth-order valence-corrected chi connectivity index (χ4v) is 3.15. The van der Waals surface area contributed by atoms with E-state index < -0.39 is 0 Å². The van der Waals surface area contributed by atoms with Gasteiger partial charge in [-0.3, -0.25) is 9.69 Å². The Hall–Kier alpha value is -1.73. The summed E-state index contributed by atoms with van der Waals surface area (Å²) in [5.74, 6) is 1.42. The van der Waals surface area contributed by atoms with Gasteiger partial charge in [-0.15, -0.1) is 0 Å². The lowest BCUT2D eigenvalue weighted by molar-refractivity contribution is 0.0552. The number of amides is 1. The van der Waals surface area contributed by atoms with Gasteiger partial charge in [0, 0.05) is 31.6 Å². The van der Waals surface area contributed by atoms with Gasteiger partial charge in [-0.25, -0.2) is 0 Å². The predicted molar refractivity (Wildman–Crippen MR) is 79.2 cm³/mol. The second-order valence-corrected chi connectivity index (χ2v) is 5.98. The molecule has 0 spiro atoms. The highest BCUT2D eigenvalue weighted by atomic mass is 32.1. The van der Waals surface area contributed by atoms with E-state index >= 15 is 0 Å². The maximum Gasteiger partial charge on any atom is 0.254 e. The Morgan fingerprint density at radius 2 is 2.14 bits per heavy atom. The molecule has 3 heterocycles. The SMILES string of the molecule is Cc1noc(C(C)N2CCN(C(=O)c3ccsc3)CC2)n1. The third kappa shape index (κ3) is 2.98. The van der Waals surface area contributed by atoms with Crippen LogP contribution in [0.2, 0.25) is 0 Å². The van der Waals surface area contributed by atoms with Crippen molar-refractivity contribution in [2.75, 3.05) is 26.2 Å². The van der Waals surface area contributed by atoms with Gasteiger partial charge in [0.1, 0.15) is 0 Å². The number of thiophene rings is 1. The molecule has 1 aliphatic heterocycles. The van der Waals surface area contributed by atoms with Crippen LogP contribution in [0.25, 0.3) is 0 Å². The van der Waals surface area contributed by atoms with Crippen LogP contribution in [0.15, 0.2) is 21.3 Å². The lowest BCUT2D eigenvalue weighted by atomic mass is 10.2. The summed E-state index contributed by atoms with van der Waals surface area (Å²) in [6, 6.07) is 1.97. The molecule has 6 nitrogen and oxygen atoms in total. The van der Waals surface area contributed by atoms with E-state index in [0.717, 1.165) is 31.7 Å². The van der Waals surface area contributed by atoms with E-state index in [-0.39, 0.29) is 11.9 Å². The fourth-order valence-electron chi connectivity index (χ4n) is 2.52. The van der Waals surface area contributed by atoms with Gasteiger partial charge < -0.3 is 9.42 Å². The van der Waals surface area contributed by atoms with Gasteiger partial charge in [0.25, 0.3) is 5.91 Å². The standard InChI is InChI=1S/C14H18N4O2S/c1-10(13-15-11(2)16-20-13)17-4-6-18(7-5-17)14(19)12-3-8-21-9-12/h3,8-10H,4-7H2,1-2H3. The van der Waals surface area contributed by atoms with Crippen molar-refractivity contribution in [3.8, 4) is 0 Å². The van der Waals surface area contributed by atoms with Gasteiger partial charge in [-0.1, -0.05) is 5.16 Å². The van der Waals surface area contributed by atoms with Crippen LogP contribution in [-0.2, 0) is 0 Å². The lowest BCUT2D eigenvalue weighted by Gasteiger charge is -2.36. The molecule has 3 rings (SSSR count). The smallest absolute Gasteiger partial charge is 0.254 e. The molecule has 0 saturated carbocycles. The fraction of sp³-hybridized carbons (Fsp3) is 0.500. The lowest BCUT2D eigenvalue weighted by Crippen LogP contribution is -2.49. The normalized spacial score (nSPS) is 17.9. The molecule has 0 aliphatic carbocycles. The Balaban J connectivity index is 1.59. The minimum atomic E-state index is 0.0876. The number of aryl methyl sites for hydroxylation is 1. The number of piperazine rings is 1.